The van der Waals surface area contributed by atoms with Gasteiger partial charge in [-0.2, -0.15) is 0 Å². The second kappa shape index (κ2) is 8.29. The summed E-state index contributed by atoms with van der Waals surface area (Å²) in [6.07, 6.45) is 0. The minimum atomic E-state index is -0.447. The summed E-state index contributed by atoms with van der Waals surface area (Å²) in [7, 11) is 0. The van der Waals surface area contributed by atoms with Crippen molar-refractivity contribution in [2.45, 2.75) is 6.92 Å². The molecule has 26 heavy (non-hydrogen) atoms. The Labute approximate surface area is 163 Å². The molecule has 6 heteroatoms. The molecule has 0 aliphatic carbocycles. The number of nitrogens with one attached hydrogen (secondary N) is 1. The second-order valence-electron chi connectivity index (χ2n) is 5.40. The fraction of sp³-hybridized carbons (Fsp3) is 0.100. The number of hydrogen-bond acceptors (Lipinski definition) is 4. The molecule has 1 aromatic heterocycles. The molecule has 0 fully saturated rings. The van der Waals surface area contributed by atoms with E-state index in [1.807, 2.05) is 30.3 Å². The lowest BCUT2D eigenvalue weighted by atomic mass is 10.1. The summed E-state index contributed by atoms with van der Waals surface area (Å²) in [6, 6.07) is 18.5. The van der Waals surface area contributed by atoms with Crippen LogP contribution in [-0.4, -0.2) is 18.5 Å². The highest BCUT2D eigenvalue weighted by molar-refractivity contribution is 9.10. The van der Waals surface area contributed by atoms with E-state index in [0.29, 0.717) is 16.1 Å². The number of benzene rings is 2. The molecule has 132 valence electrons. The SMILES string of the molecule is CCOC(=O)c1cc(-c2ccccc2)sc1NC(=O)c1ccc(Br)cc1. The lowest BCUT2D eigenvalue weighted by molar-refractivity contribution is 0.0528. The summed E-state index contributed by atoms with van der Waals surface area (Å²) >= 11 is 4.70. The monoisotopic (exact) mass is 429 g/mol. The van der Waals surface area contributed by atoms with Gasteiger partial charge in [0, 0.05) is 14.9 Å². The minimum Gasteiger partial charge on any atom is -0.462 e. The van der Waals surface area contributed by atoms with Gasteiger partial charge in [0.25, 0.3) is 5.91 Å². The van der Waals surface area contributed by atoms with Crippen LogP contribution < -0.4 is 5.32 Å². The lowest BCUT2D eigenvalue weighted by Crippen LogP contribution is -2.14. The Morgan fingerprint density at radius 2 is 1.77 bits per heavy atom. The summed E-state index contributed by atoms with van der Waals surface area (Å²) in [6.45, 7) is 2.03. The summed E-state index contributed by atoms with van der Waals surface area (Å²) in [4.78, 5) is 25.7. The maximum atomic E-state index is 12.5. The molecular weight excluding hydrogens is 414 g/mol. The molecule has 0 atom stereocenters. The van der Waals surface area contributed by atoms with Crippen molar-refractivity contribution < 1.29 is 14.3 Å². The minimum absolute atomic E-state index is 0.273. The molecule has 1 N–H and O–H groups in total. The fourth-order valence-corrected chi connectivity index (χ4v) is 3.68. The third-order valence-corrected chi connectivity index (χ3v) is 5.25. The maximum absolute atomic E-state index is 12.5. The average Bonchev–Trinajstić information content (AvgIpc) is 3.07. The largest absolute Gasteiger partial charge is 0.462 e. The number of amides is 1. The number of carbonyl (C=O) groups is 2. The highest BCUT2D eigenvalue weighted by atomic mass is 79.9. The molecule has 0 saturated carbocycles. The molecule has 0 aliphatic rings. The molecule has 0 saturated heterocycles. The number of anilines is 1. The predicted molar refractivity (Wildman–Crippen MR) is 108 cm³/mol. The van der Waals surface area contributed by atoms with Crippen LogP contribution in [-0.2, 0) is 4.74 Å². The third-order valence-electron chi connectivity index (χ3n) is 3.62. The zero-order valence-corrected chi connectivity index (χ0v) is 16.4. The van der Waals surface area contributed by atoms with Gasteiger partial charge < -0.3 is 10.1 Å². The Bertz CT molecular complexity index is 920. The Morgan fingerprint density at radius 1 is 1.08 bits per heavy atom. The quantitative estimate of drug-likeness (QED) is 0.536. The molecule has 3 aromatic rings. The molecule has 0 aliphatic heterocycles. The Kier molecular flexibility index (Phi) is 5.85. The Balaban J connectivity index is 1.93. The lowest BCUT2D eigenvalue weighted by Gasteiger charge is -2.06. The first-order valence-corrected chi connectivity index (χ1v) is 9.62. The molecular formula is C20H16BrNO3S. The van der Waals surface area contributed by atoms with Crippen molar-refractivity contribution in [3.63, 3.8) is 0 Å². The zero-order valence-electron chi connectivity index (χ0n) is 14.0. The van der Waals surface area contributed by atoms with Gasteiger partial charge in [0.15, 0.2) is 0 Å². The first-order valence-electron chi connectivity index (χ1n) is 8.01. The van der Waals surface area contributed by atoms with E-state index in [4.69, 9.17) is 4.74 Å². The molecule has 2 aromatic carbocycles. The van der Waals surface area contributed by atoms with Gasteiger partial charge in [-0.3, -0.25) is 4.79 Å². The number of thiophene rings is 1. The summed E-state index contributed by atoms with van der Waals surface area (Å²) in [5.74, 6) is -0.721. The van der Waals surface area contributed by atoms with E-state index in [2.05, 4.69) is 21.2 Å². The van der Waals surface area contributed by atoms with Crippen molar-refractivity contribution in [3.8, 4) is 10.4 Å². The van der Waals surface area contributed by atoms with Crippen LogP contribution in [0.15, 0.2) is 65.1 Å². The van der Waals surface area contributed by atoms with Gasteiger partial charge in [0.2, 0.25) is 0 Å². The van der Waals surface area contributed by atoms with Crippen LogP contribution in [0.3, 0.4) is 0 Å². The molecule has 3 rings (SSSR count). The van der Waals surface area contributed by atoms with Gasteiger partial charge in [0.1, 0.15) is 5.00 Å². The van der Waals surface area contributed by atoms with Crippen LogP contribution >= 0.6 is 27.3 Å². The van der Waals surface area contributed by atoms with Crippen molar-refractivity contribution in [3.05, 3.63) is 76.3 Å². The van der Waals surface area contributed by atoms with E-state index in [9.17, 15) is 9.59 Å². The van der Waals surface area contributed by atoms with E-state index in [1.54, 1.807) is 37.3 Å². The molecule has 0 bridgehead atoms. The van der Waals surface area contributed by atoms with E-state index in [1.165, 1.54) is 11.3 Å². The topological polar surface area (TPSA) is 55.4 Å². The Morgan fingerprint density at radius 3 is 2.42 bits per heavy atom. The van der Waals surface area contributed by atoms with Crippen molar-refractivity contribution in [1.29, 1.82) is 0 Å². The van der Waals surface area contributed by atoms with Crippen molar-refractivity contribution in [1.82, 2.24) is 0 Å². The van der Waals surface area contributed by atoms with E-state index in [-0.39, 0.29) is 12.5 Å². The average molecular weight is 430 g/mol. The highest BCUT2D eigenvalue weighted by Crippen LogP contribution is 2.36. The van der Waals surface area contributed by atoms with Crippen molar-refractivity contribution in [2.24, 2.45) is 0 Å². The van der Waals surface area contributed by atoms with Gasteiger partial charge in [0.05, 0.1) is 12.2 Å². The van der Waals surface area contributed by atoms with Crippen LogP contribution in [0.2, 0.25) is 0 Å². The molecule has 1 amide bonds. The molecule has 4 nitrogen and oxygen atoms in total. The van der Waals surface area contributed by atoms with Gasteiger partial charge in [-0.1, -0.05) is 46.3 Å². The van der Waals surface area contributed by atoms with Crippen LogP contribution in [0.1, 0.15) is 27.6 Å². The number of esters is 1. The molecule has 0 radical (unpaired) electrons. The molecule has 0 unspecified atom stereocenters. The number of ether oxygens (including phenoxy) is 1. The van der Waals surface area contributed by atoms with E-state index < -0.39 is 5.97 Å². The summed E-state index contributed by atoms with van der Waals surface area (Å²) < 4.78 is 6.02. The summed E-state index contributed by atoms with van der Waals surface area (Å²) in [5.41, 5.74) is 1.85. The third kappa shape index (κ3) is 4.20. The normalized spacial score (nSPS) is 10.4. The van der Waals surface area contributed by atoms with Crippen LogP contribution in [0.4, 0.5) is 5.00 Å². The van der Waals surface area contributed by atoms with Crippen LogP contribution in [0.25, 0.3) is 10.4 Å². The van der Waals surface area contributed by atoms with Gasteiger partial charge in [-0.05, 0) is 42.8 Å². The number of halogens is 1. The number of rotatable bonds is 5. The zero-order chi connectivity index (χ0) is 18.5. The number of carbonyl (C=O) groups excluding carboxylic acids is 2. The second-order valence-corrected chi connectivity index (χ2v) is 7.37. The standard InChI is InChI=1S/C20H16BrNO3S/c1-2-25-20(24)16-12-17(13-6-4-3-5-7-13)26-19(16)22-18(23)14-8-10-15(21)11-9-14/h3-12H,2H2,1H3,(H,22,23). The van der Waals surface area contributed by atoms with E-state index in [0.717, 1.165) is 14.9 Å². The van der Waals surface area contributed by atoms with Gasteiger partial charge in [-0.25, -0.2) is 4.79 Å². The first kappa shape index (κ1) is 18.4. The molecule has 1 heterocycles. The van der Waals surface area contributed by atoms with E-state index >= 15 is 0 Å². The summed E-state index contributed by atoms with van der Waals surface area (Å²) in [5, 5.41) is 3.32. The fourth-order valence-electron chi connectivity index (χ4n) is 2.37. The Hall–Kier alpha value is -2.44. The maximum Gasteiger partial charge on any atom is 0.341 e. The van der Waals surface area contributed by atoms with Crippen molar-refractivity contribution >= 4 is 44.1 Å². The van der Waals surface area contributed by atoms with Crippen LogP contribution in [0, 0.1) is 0 Å². The highest BCUT2D eigenvalue weighted by Gasteiger charge is 2.20. The first-order chi connectivity index (χ1) is 12.6. The van der Waals surface area contributed by atoms with Crippen LogP contribution in [0.5, 0.6) is 0 Å². The predicted octanol–water partition coefficient (Wildman–Crippen LogP) is 5.61. The number of hydrogen-bond donors (Lipinski definition) is 1. The van der Waals surface area contributed by atoms with Gasteiger partial charge in [-0.15, -0.1) is 11.3 Å². The molecule has 0 spiro atoms. The van der Waals surface area contributed by atoms with Crippen molar-refractivity contribution in [2.75, 3.05) is 11.9 Å². The van der Waals surface area contributed by atoms with Gasteiger partial charge >= 0.3 is 5.97 Å². The smallest absolute Gasteiger partial charge is 0.341 e.